The Bertz CT molecular complexity index is 405. The Morgan fingerprint density at radius 2 is 2.00 bits per heavy atom. The number of ether oxygens (including phenoxy) is 2. The van der Waals surface area contributed by atoms with E-state index in [4.69, 9.17) is 14.7 Å². The van der Waals surface area contributed by atoms with Crippen molar-refractivity contribution < 1.29 is 9.47 Å². The molecule has 0 aliphatic rings. The second-order valence-corrected chi connectivity index (χ2v) is 3.96. The Morgan fingerprint density at radius 1 is 1.31 bits per heavy atom. The van der Waals surface area contributed by atoms with Gasteiger partial charge in [0.15, 0.2) is 6.61 Å². The van der Waals surface area contributed by atoms with E-state index in [-0.39, 0.29) is 6.61 Å². The molecular weight excluding hydrogens is 202 g/mol. The lowest BCUT2D eigenvalue weighted by atomic mass is 9.99. The van der Waals surface area contributed by atoms with E-state index in [0.717, 1.165) is 22.6 Å². The number of methoxy groups -OCH3 is 1. The first-order chi connectivity index (χ1) is 7.60. The summed E-state index contributed by atoms with van der Waals surface area (Å²) in [6.45, 7) is 6.26. The molecule has 0 amide bonds. The average Bonchev–Trinajstić information content (AvgIpc) is 2.26. The third-order valence-corrected chi connectivity index (χ3v) is 2.44. The van der Waals surface area contributed by atoms with Crippen molar-refractivity contribution in [2.75, 3.05) is 13.7 Å². The highest BCUT2D eigenvalue weighted by Crippen LogP contribution is 2.33. The van der Waals surface area contributed by atoms with Gasteiger partial charge in [0.2, 0.25) is 0 Å². The van der Waals surface area contributed by atoms with E-state index in [9.17, 15) is 0 Å². The highest BCUT2D eigenvalue weighted by molar-refractivity contribution is 5.47. The molecule has 86 valence electrons. The van der Waals surface area contributed by atoms with E-state index < -0.39 is 0 Å². The molecule has 0 spiro atoms. The molecule has 0 aromatic heterocycles. The number of hydrogen-bond acceptors (Lipinski definition) is 3. The number of nitrogens with zero attached hydrogens (tertiary/aromatic N) is 1. The molecule has 3 heteroatoms. The lowest BCUT2D eigenvalue weighted by Crippen LogP contribution is -2.01. The quantitative estimate of drug-likeness (QED) is 0.781. The fourth-order valence-electron chi connectivity index (χ4n) is 1.60. The van der Waals surface area contributed by atoms with Crippen molar-refractivity contribution in [2.45, 2.75) is 26.7 Å². The predicted octanol–water partition coefficient (Wildman–Crippen LogP) is 3.03. The summed E-state index contributed by atoms with van der Waals surface area (Å²) in [4.78, 5) is 0. The molecule has 1 aromatic carbocycles. The monoisotopic (exact) mass is 219 g/mol. The predicted molar refractivity (Wildman–Crippen MR) is 62.9 cm³/mol. The minimum absolute atomic E-state index is 0.0614. The lowest BCUT2D eigenvalue weighted by molar-refractivity contribution is 0.355. The zero-order chi connectivity index (χ0) is 12.1. The van der Waals surface area contributed by atoms with Crippen molar-refractivity contribution in [2.24, 2.45) is 0 Å². The Morgan fingerprint density at radius 3 is 2.50 bits per heavy atom. The van der Waals surface area contributed by atoms with Crippen LogP contribution in [0.2, 0.25) is 0 Å². The molecule has 0 aliphatic heterocycles. The van der Waals surface area contributed by atoms with Crippen molar-refractivity contribution in [3.63, 3.8) is 0 Å². The minimum atomic E-state index is 0.0614. The lowest BCUT2D eigenvalue weighted by Gasteiger charge is -2.15. The number of benzene rings is 1. The number of hydrogen-bond donors (Lipinski definition) is 0. The maximum absolute atomic E-state index is 8.53. The van der Waals surface area contributed by atoms with Gasteiger partial charge in [0.1, 0.15) is 17.6 Å². The molecule has 3 nitrogen and oxygen atoms in total. The largest absolute Gasteiger partial charge is 0.496 e. The maximum Gasteiger partial charge on any atom is 0.174 e. The summed E-state index contributed by atoms with van der Waals surface area (Å²) < 4.78 is 10.6. The summed E-state index contributed by atoms with van der Waals surface area (Å²) >= 11 is 0. The van der Waals surface area contributed by atoms with Crippen LogP contribution in [-0.2, 0) is 0 Å². The van der Waals surface area contributed by atoms with Gasteiger partial charge in [-0.15, -0.1) is 0 Å². The Labute approximate surface area is 96.6 Å². The second-order valence-electron chi connectivity index (χ2n) is 3.96. The highest BCUT2D eigenvalue weighted by atomic mass is 16.5. The summed E-state index contributed by atoms with van der Waals surface area (Å²) in [6, 6.07) is 5.87. The summed E-state index contributed by atoms with van der Waals surface area (Å²) in [5.74, 6) is 1.88. The van der Waals surface area contributed by atoms with Gasteiger partial charge < -0.3 is 9.47 Å². The minimum Gasteiger partial charge on any atom is -0.496 e. The van der Waals surface area contributed by atoms with E-state index in [2.05, 4.69) is 19.9 Å². The highest BCUT2D eigenvalue weighted by Gasteiger charge is 2.11. The Hall–Kier alpha value is -1.69. The summed E-state index contributed by atoms with van der Waals surface area (Å²) in [5.41, 5.74) is 2.18. The topological polar surface area (TPSA) is 42.2 Å². The van der Waals surface area contributed by atoms with Crippen LogP contribution in [0.5, 0.6) is 11.5 Å². The zero-order valence-electron chi connectivity index (χ0n) is 10.2. The molecule has 0 unspecified atom stereocenters. The molecule has 0 heterocycles. The van der Waals surface area contributed by atoms with E-state index in [0.29, 0.717) is 5.92 Å². The van der Waals surface area contributed by atoms with Crippen LogP contribution in [0.25, 0.3) is 0 Å². The summed E-state index contributed by atoms with van der Waals surface area (Å²) in [5, 5.41) is 8.53. The second kappa shape index (κ2) is 5.41. The van der Waals surface area contributed by atoms with Crippen LogP contribution >= 0.6 is 0 Å². The van der Waals surface area contributed by atoms with Crippen LogP contribution in [0, 0.1) is 18.3 Å². The molecule has 0 aliphatic carbocycles. The third kappa shape index (κ3) is 2.66. The number of rotatable bonds is 4. The van der Waals surface area contributed by atoms with Gasteiger partial charge in [0.05, 0.1) is 7.11 Å². The molecule has 0 saturated carbocycles. The van der Waals surface area contributed by atoms with Crippen molar-refractivity contribution in [3.8, 4) is 17.6 Å². The van der Waals surface area contributed by atoms with Gasteiger partial charge in [-0.3, -0.25) is 0 Å². The van der Waals surface area contributed by atoms with Crippen LogP contribution in [-0.4, -0.2) is 13.7 Å². The van der Waals surface area contributed by atoms with Crippen LogP contribution in [0.15, 0.2) is 12.1 Å². The van der Waals surface area contributed by atoms with Gasteiger partial charge in [-0.1, -0.05) is 13.8 Å². The molecule has 1 aromatic rings. The molecule has 0 bridgehead atoms. The van der Waals surface area contributed by atoms with Gasteiger partial charge in [-0.2, -0.15) is 5.26 Å². The van der Waals surface area contributed by atoms with Crippen LogP contribution < -0.4 is 9.47 Å². The number of aryl methyl sites for hydroxylation is 1. The van der Waals surface area contributed by atoms with Gasteiger partial charge >= 0.3 is 0 Å². The molecule has 1 rings (SSSR count). The Kier molecular flexibility index (Phi) is 4.19. The zero-order valence-corrected chi connectivity index (χ0v) is 10.2. The van der Waals surface area contributed by atoms with Crippen molar-refractivity contribution in [3.05, 3.63) is 23.3 Å². The van der Waals surface area contributed by atoms with E-state index in [1.165, 1.54) is 0 Å². The Balaban J connectivity index is 3.15. The van der Waals surface area contributed by atoms with Gasteiger partial charge in [-0.25, -0.2) is 0 Å². The summed E-state index contributed by atoms with van der Waals surface area (Å²) in [7, 11) is 1.63. The third-order valence-electron chi connectivity index (χ3n) is 2.44. The van der Waals surface area contributed by atoms with E-state index in [1.54, 1.807) is 7.11 Å². The molecule has 0 N–H and O–H groups in total. The van der Waals surface area contributed by atoms with Gasteiger partial charge in [-0.05, 0) is 30.0 Å². The average molecular weight is 219 g/mol. The normalized spacial score (nSPS) is 10.0. The van der Waals surface area contributed by atoms with Crippen LogP contribution in [0.4, 0.5) is 0 Å². The molecule has 0 fully saturated rings. The fourth-order valence-corrected chi connectivity index (χ4v) is 1.60. The fraction of sp³-hybridized carbons (Fsp3) is 0.462. The standard InChI is InChI=1S/C13H17NO2/c1-9(2)11-7-10(3)12(15-4)8-13(11)16-6-5-14/h7-9H,6H2,1-4H3. The van der Waals surface area contributed by atoms with E-state index in [1.807, 2.05) is 19.1 Å². The SMILES string of the molecule is COc1cc(OCC#N)c(C(C)C)cc1C. The van der Waals surface area contributed by atoms with Crippen molar-refractivity contribution in [1.82, 2.24) is 0 Å². The smallest absolute Gasteiger partial charge is 0.174 e. The first-order valence-electron chi connectivity index (χ1n) is 5.28. The molecule has 16 heavy (non-hydrogen) atoms. The van der Waals surface area contributed by atoms with Gasteiger partial charge in [0, 0.05) is 6.07 Å². The molecular formula is C13H17NO2. The van der Waals surface area contributed by atoms with Crippen LogP contribution in [0.1, 0.15) is 30.9 Å². The molecule has 0 atom stereocenters. The molecule has 0 radical (unpaired) electrons. The molecule has 0 saturated heterocycles. The maximum atomic E-state index is 8.53. The first-order valence-corrected chi connectivity index (χ1v) is 5.28. The van der Waals surface area contributed by atoms with E-state index >= 15 is 0 Å². The van der Waals surface area contributed by atoms with Crippen LogP contribution in [0.3, 0.4) is 0 Å². The van der Waals surface area contributed by atoms with Crippen molar-refractivity contribution in [1.29, 1.82) is 5.26 Å². The van der Waals surface area contributed by atoms with Crippen molar-refractivity contribution >= 4 is 0 Å². The first kappa shape index (κ1) is 12.4. The number of nitriles is 1. The summed E-state index contributed by atoms with van der Waals surface area (Å²) in [6.07, 6.45) is 0. The van der Waals surface area contributed by atoms with Gasteiger partial charge in [0.25, 0.3) is 0 Å².